The smallest absolute Gasteiger partial charge is 0.304 e. The Morgan fingerprint density at radius 3 is 2.79 bits per heavy atom. The summed E-state index contributed by atoms with van der Waals surface area (Å²) in [5.41, 5.74) is 7.33. The van der Waals surface area contributed by atoms with Gasteiger partial charge in [-0.15, -0.1) is 0 Å². The number of carbonyl (C=O) groups is 2. The number of benzene rings is 3. The molecule has 1 aromatic heterocycles. The van der Waals surface area contributed by atoms with Crippen molar-refractivity contribution in [2.45, 2.75) is 58.0 Å². The normalized spacial score (nSPS) is 17.8. The second kappa shape index (κ2) is 10.5. The van der Waals surface area contributed by atoms with Crippen molar-refractivity contribution in [1.82, 2.24) is 19.9 Å². The van der Waals surface area contributed by atoms with E-state index >= 15 is 0 Å². The number of fused-ring (bicyclic) bond motifs is 6. The largest absolute Gasteiger partial charge is 0.494 e. The summed E-state index contributed by atoms with van der Waals surface area (Å²) in [6.45, 7) is 4.41. The van der Waals surface area contributed by atoms with Crippen molar-refractivity contribution < 1.29 is 19.4 Å². The minimum atomic E-state index is -0.856. The highest BCUT2D eigenvalue weighted by molar-refractivity contribution is 5.94. The second-order valence-electron chi connectivity index (χ2n) is 10.5. The summed E-state index contributed by atoms with van der Waals surface area (Å²) in [7, 11) is 0. The van der Waals surface area contributed by atoms with Gasteiger partial charge in [-0.1, -0.05) is 30.3 Å². The van der Waals surface area contributed by atoms with Gasteiger partial charge in [0.25, 0.3) is 5.91 Å². The summed E-state index contributed by atoms with van der Waals surface area (Å²) in [5, 5.41) is 19.3. The summed E-state index contributed by atoms with van der Waals surface area (Å²) < 4.78 is 5.97. The first kappa shape index (κ1) is 25.1. The maximum atomic E-state index is 13.5. The molecule has 0 aliphatic carbocycles. The third kappa shape index (κ3) is 5.11. The molecule has 0 radical (unpaired) electrons. The molecule has 0 fully saturated rings. The number of ether oxygens (including phenoxy) is 1. The first-order valence-electron chi connectivity index (χ1n) is 13.7. The van der Waals surface area contributed by atoms with Crippen molar-refractivity contribution in [1.29, 1.82) is 0 Å². The van der Waals surface area contributed by atoms with Gasteiger partial charge in [-0.3, -0.25) is 9.59 Å². The predicted molar refractivity (Wildman–Crippen MR) is 147 cm³/mol. The fourth-order valence-corrected chi connectivity index (χ4v) is 5.82. The van der Waals surface area contributed by atoms with Crippen LogP contribution in [0.25, 0.3) is 11.0 Å². The standard InChI is InChI=1S/C31H32N4O4/c1-20-26-10-11-28-30(20)33-35(32-28)13-3-2-4-15-39-25-7-5-6-23(17-25)31(38)34-14-12-21-8-9-22(16-24(21)19-34)27(26)18-29(36)37/h5-11,16-17,27H,2-4,12-15,18-19H2,1H3,(H,36,37). The molecule has 1 unspecified atom stereocenters. The molecule has 2 aliphatic rings. The van der Waals surface area contributed by atoms with Gasteiger partial charge < -0.3 is 14.7 Å². The van der Waals surface area contributed by atoms with Crippen LogP contribution < -0.4 is 4.74 Å². The highest BCUT2D eigenvalue weighted by Gasteiger charge is 2.26. The number of hydrogen-bond acceptors (Lipinski definition) is 5. The quantitative estimate of drug-likeness (QED) is 0.392. The van der Waals surface area contributed by atoms with Crippen molar-refractivity contribution in [3.63, 3.8) is 0 Å². The van der Waals surface area contributed by atoms with Crippen molar-refractivity contribution in [2.75, 3.05) is 13.2 Å². The highest BCUT2D eigenvalue weighted by atomic mass is 16.5. The van der Waals surface area contributed by atoms with Crippen LogP contribution in [0, 0.1) is 6.92 Å². The fraction of sp³-hybridized carbons (Fsp3) is 0.355. The van der Waals surface area contributed by atoms with Crippen molar-refractivity contribution in [3.8, 4) is 5.75 Å². The minimum Gasteiger partial charge on any atom is -0.494 e. The van der Waals surface area contributed by atoms with Gasteiger partial charge in [-0.25, -0.2) is 0 Å². The Morgan fingerprint density at radius 1 is 1.03 bits per heavy atom. The molecule has 8 bridgehead atoms. The SMILES string of the molecule is Cc1c2ccc3nn(nc13)CCCCCOc1cccc(c1)C(=O)N1CCc3ccc(cc3C1)C2CC(=O)O. The minimum absolute atomic E-state index is 0.0202. The number of rotatable bonds is 2. The fourth-order valence-electron chi connectivity index (χ4n) is 5.82. The molecule has 1 amide bonds. The molecule has 0 saturated carbocycles. The number of hydrogen-bond donors (Lipinski definition) is 1. The Bertz CT molecular complexity index is 1560. The molecule has 8 nitrogen and oxygen atoms in total. The van der Waals surface area contributed by atoms with Crippen molar-refractivity contribution in [3.05, 3.63) is 88.0 Å². The second-order valence-corrected chi connectivity index (χ2v) is 10.5. The van der Waals surface area contributed by atoms with Crippen molar-refractivity contribution in [2.24, 2.45) is 0 Å². The van der Waals surface area contributed by atoms with Crippen LogP contribution in [0.4, 0.5) is 0 Å². The molecule has 8 heteroatoms. The molecule has 6 rings (SSSR count). The molecule has 4 aromatic rings. The Kier molecular flexibility index (Phi) is 6.77. The highest BCUT2D eigenvalue weighted by Crippen LogP contribution is 2.35. The summed E-state index contributed by atoms with van der Waals surface area (Å²) in [5.74, 6) is -0.510. The van der Waals surface area contributed by atoms with E-state index in [9.17, 15) is 14.7 Å². The Morgan fingerprint density at radius 2 is 1.92 bits per heavy atom. The van der Waals surface area contributed by atoms with E-state index in [1.807, 2.05) is 54.3 Å². The van der Waals surface area contributed by atoms with Gasteiger partial charge >= 0.3 is 5.97 Å². The van der Waals surface area contributed by atoms with Crippen LogP contribution in [0.3, 0.4) is 0 Å². The molecule has 0 saturated heterocycles. The van der Waals surface area contributed by atoms with E-state index in [-0.39, 0.29) is 18.2 Å². The Labute approximate surface area is 227 Å². The number of aliphatic carboxylic acids is 1. The molecule has 39 heavy (non-hydrogen) atoms. The number of aryl methyl sites for hydroxylation is 2. The number of carboxylic acid groups (broad SMARTS) is 1. The van der Waals surface area contributed by atoms with Gasteiger partial charge in [0.05, 0.1) is 19.6 Å². The van der Waals surface area contributed by atoms with Gasteiger partial charge in [-0.2, -0.15) is 15.0 Å². The predicted octanol–water partition coefficient (Wildman–Crippen LogP) is 5.11. The van der Waals surface area contributed by atoms with Gasteiger partial charge in [0.2, 0.25) is 0 Å². The zero-order valence-corrected chi connectivity index (χ0v) is 22.1. The lowest BCUT2D eigenvalue weighted by Crippen LogP contribution is -2.36. The first-order valence-corrected chi connectivity index (χ1v) is 13.7. The summed E-state index contributed by atoms with van der Waals surface area (Å²) in [6, 6.07) is 17.6. The van der Waals surface area contributed by atoms with Crippen LogP contribution in [0.1, 0.15) is 69.8 Å². The van der Waals surface area contributed by atoms with Crippen LogP contribution in [-0.2, 0) is 24.3 Å². The van der Waals surface area contributed by atoms with E-state index in [0.29, 0.717) is 37.6 Å². The molecular formula is C31H32N4O4. The molecule has 1 atom stereocenters. The molecule has 1 N–H and O–H groups in total. The third-order valence-corrected chi connectivity index (χ3v) is 7.93. The summed E-state index contributed by atoms with van der Waals surface area (Å²) in [4.78, 5) is 29.1. The number of carbonyl (C=O) groups excluding carboxylic acids is 1. The molecular weight excluding hydrogens is 492 g/mol. The summed E-state index contributed by atoms with van der Waals surface area (Å²) >= 11 is 0. The maximum Gasteiger partial charge on any atom is 0.304 e. The number of amides is 1. The zero-order valence-electron chi connectivity index (χ0n) is 22.1. The van der Waals surface area contributed by atoms with E-state index in [1.165, 1.54) is 5.56 Å². The van der Waals surface area contributed by atoms with Crippen LogP contribution >= 0.6 is 0 Å². The van der Waals surface area contributed by atoms with Gasteiger partial charge in [0, 0.05) is 24.6 Å². The van der Waals surface area contributed by atoms with Gasteiger partial charge in [-0.05, 0) is 84.7 Å². The van der Waals surface area contributed by atoms with E-state index in [0.717, 1.165) is 59.0 Å². The maximum absolute atomic E-state index is 13.5. The van der Waals surface area contributed by atoms with Crippen LogP contribution in [0.5, 0.6) is 5.75 Å². The molecule has 0 spiro atoms. The number of aromatic nitrogens is 3. The molecule has 3 aromatic carbocycles. The topological polar surface area (TPSA) is 97.5 Å². The summed E-state index contributed by atoms with van der Waals surface area (Å²) in [6.07, 6.45) is 3.50. The van der Waals surface area contributed by atoms with Crippen LogP contribution in [0.2, 0.25) is 0 Å². The molecule has 2 aliphatic heterocycles. The third-order valence-electron chi connectivity index (χ3n) is 7.93. The van der Waals surface area contributed by atoms with Crippen LogP contribution in [-0.4, -0.2) is 50.0 Å². The Hall–Kier alpha value is -4.20. The number of carboxylic acids is 1. The van der Waals surface area contributed by atoms with Crippen molar-refractivity contribution >= 4 is 22.9 Å². The lowest BCUT2D eigenvalue weighted by atomic mass is 9.83. The van der Waals surface area contributed by atoms with Gasteiger partial charge in [0.1, 0.15) is 16.8 Å². The molecule has 200 valence electrons. The van der Waals surface area contributed by atoms with E-state index in [2.05, 4.69) is 17.2 Å². The number of nitrogens with zero attached hydrogens (tertiary/aromatic N) is 4. The van der Waals surface area contributed by atoms with Crippen LogP contribution in [0.15, 0.2) is 54.6 Å². The average Bonchev–Trinajstić information content (AvgIpc) is 3.36. The monoisotopic (exact) mass is 524 g/mol. The van der Waals surface area contributed by atoms with Gasteiger partial charge in [0.15, 0.2) is 0 Å². The molecule has 3 heterocycles. The van der Waals surface area contributed by atoms with E-state index in [4.69, 9.17) is 9.84 Å². The lowest BCUT2D eigenvalue weighted by Gasteiger charge is -2.30. The first-order chi connectivity index (χ1) is 19.0. The van der Waals surface area contributed by atoms with E-state index < -0.39 is 5.97 Å². The average molecular weight is 525 g/mol. The Balaban J connectivity index is 1.42. The zero-order chi connectivity index (χ0) is 26.9. The van der Waals surface area contributed by atoms with E-state index in [1.54, 1.807) is 4.80 Å². The lowest BCUT2D eigenvalue weighted by molar-refractivity contribution is -0.137.